The van der Waals surface area contributed by atoms with E-state index >= 15 is 0 Å². The van der Waals surface area contributed by atoms with E-state index in [0.717, 1.165) is 60.5 Å². The van der Waals surface area contributed by atoms with Crippen LogP contribution < -0.4 is 5.32 Å². The van der Waals surface area contributed by atoms with Crippen molar-refractivity contribution in [1.29, 1.82) is 0 Å². The maximum atomic E-state index is 12.9. The van der Waals surface area contributed by atoms with Gasteiger partial charge in [-0.3, -0.25) is 9.59 Å². The lowest BCUT2D eigenvalue weighted by molar-refractivity contribution is -0.125. The molecule has 1 aliphatic carbocycles. The number of carbonyl (C=O) groups is 2. The number of aromatic nitrogens is 2. The molecule has 7 heteroatoms. The third-order valence-corrected chi connectivity index (χ3v) is 7.83. The number of benzene rings is 1. The highest BCUT2D eigenvalue weighted by atomic mass is 32.1. The molecule has 0 spiro atoms. The molecule has 2 aliphatic rings. The van der Waals surface area contributed by atoms with E-state index in [1.165, 1.54) is 16.9 Å². The van der Waals surface area contributed by atoms with Crippen molar-refractivity contribution in [1.82, 2.24) is 19.8 Å². The first-order valence-corrected chi connectivity index (χ1v) is 12.0. The predicted molar refractivity (Wildman–Crippen MR) is 122 cm³/mol. The zero-order valence-corrected chi connectivity index (χ0v) is 18.7. The van der Waals surface area contributed by atoms with Gasteiger partial charge in [0.25, 0.3) is 5.91 Å². The van der Waals surface area contributed by atoms with Gasteiger partial charge < -0.3 is 14.8 Å². The van der Waals surface area contributed by atoms with E-state index in [4.69, 9.17) is 0 Å². The molecule has 0 radical (unpaired) electrons. The van der Waals surface area contributed by atoms with Crippen LogP contribution in [-0.2, 0) is 31.2 Å². The molecule has 6 nitrogen and oxygen atoms in total. The van der Waals surface area contributed by atoms with Gasteiger partial charge in [-0.25, -0.2) is 4.98 Å². The number of hydrogen-bond acceptors (Lipinski definition) is 4. The maximum absolute atomic E-state index is 12.9. The summed E-state index contributed by atoms with van der Waals surface area (Å²) in [6, 6.07) is 10.0. The van der Waals surface area contributed by atoms with Gasteiger partial charge in [0.15, 0.2) is 0 Å². The number of thiophene rings is 1. The molecule has 1 atom stereocenters. The first-order chi connectivity index (χ1) is 15.1. The Labute approximate surface area is 186 Å². The van der Waals surface area contributed by atoms with Gasteiger partial charge in [-0.05, 0) is 62.3 Å². The van der Waals surface area contributed by atoms with E-state index in [2.05, 4.69) is 10.3 Å². The number of imidazole rings is 1. The second kappa shape index (κ2) is 8.46. The van der Waals surface area contributed by atoms with Gasteiger partial charge in [0, 0.05) is 30.9 Å². The number of amides is 2. The average molecular weight is 437 g/mol. The van der Waals surface area contributed by atoms with Crippen molar-refractivity contribution in [3.05, 3.63) is 51.5 Å². The van der Waals surface area contributed by atoms with Gasteiger partial charge in [0.2, 0.25) is 5.91 Å². The summed E-state index contributed by atoms with van der Waals surface area (Å²) in [5.74, 6) is 1.06. The summed E-state index contributed by atoms with van der Waals surface area (Å²) < 4.78 is 2.03. The van der Waals surface area contributed by atoms with E-state index in [1.54, 1.807) is 11.3 Å². The van der Waals surface area contributed by atoms with Crippen LogP contribution in [0.2, 0.25) is 0 Å². The van der Waals surface area contributed by atoms with Crippen LogP contribution in [0.3, 0.4) is 0 Å². The third-order valence-electron chi connectivity index (χ3n) is 6.61. The molecule has 0 bridgehead atoms. The van der Waals surface area contributed by atoms with Crippen molar-refractivity contribution in [2.24, 2.45) is 13.0 Å². The molecular weight excluding hydrogens is 408 g/mol. The summed E-state index contributed by atoms with van der Waals surface area (Å²) in [5, 5.41) is 3.09. The SMILES string of the molecule is Cn1c(CNC(=O)[C@@H]2CCc3sc(C(=O)N4CCCCC4)cc3C2)nc2ccccc21. The largest absolute Gasteiger partial charge is 0.349 e. The molecule has 3 aromatic rings. The second-order valence-electron chi connectivity index (χ2n) is 8.65. The zero-order chi connectivity index (χ0) is 21.4. The Morgan fingerprint density at radius 2 is 2.00 bits per heavy atom. The molecule has 1 fully saturated rings. The topological polar surface area (TPSA) is 67.2 Å². The number of nitrogens with zero attached hydrogens (tertiary/aromatic N) is 3. The van der Waals surface area contributed by atoms with Crippen LogP contribution >= 0.6 is 11.3 Å². The highest BCUT2D eigenvalue weighted by Crippen LogP contribution is 2.33. The molecular formula is C24H28N4O2S. The maximum Gasteiger partial charge on any atom is 0.263 e. The van der Waals surface area contributed by atoms with Crippen molar-refractivity contribution in [3.63, 3.8) is 0 Å². The van der Waals surface area contributed by atoms with Crippen LogP contribution in [-0.4, -0.2) is 39.4 Å². The van der Waals surface area contributed by atoms with Crippen LogP contribution in [0.5, 0.6) is 0 Å². The normalized spacial score (nSPS) is 18.7. The highest BCUT2D eigenvalue weighted by Gasteiger charge is 2.29. The Hall–Kier alpha value is -2.67. The first kappa shape index (κ1) is 20.2. The number of likely N-dealkylation sites (tertiary alicyclic amines) is 1. The van der Waals surface area contributed by atoms with Crippen molar-refractivity contribution < 1.29 is 9.59 Å². The van der Waals surface area contributed by atoms with Crippen LogP contribution in [0.15, 0.2) is 30.3 Å². The number of hydrogen-bond donors (Lipinski definition) is 1. The van der Waals surface area contributed by atoms with Crippen LogP contribution in [0, 0.1) is 5.92 Å². The van der Waals surface area contributed by atoms with E-state index in [-0.39, 0.29) is 17.7 Å². The van der Waals surface area contributed by atoms with Crippen molar-refractivity contribution in [3.8, 4) is 0 Å². The smallest absolute Gasteiger partial charge is 0.263 e. The van der Waals surface area contributed by atoms with Crippen molar-refractivity contribution in [2.75, 3.05) is 13.1 Å². The molecule has 1 aromatic carbocycles. The molecule has 2 aromatic heterocycles. The summed E-state index contributed by atoms with van der Waals surface area (Å²) in [7, 11) is 1.98. The van der Waals surface area contributed by atoms with Gasteiger partial charge in [-0.1, -0.05) is 12.1 Å². The Balaban J connectivity index is 1.22. The Kier molecular flexibility index (Phi) is 5.52. The monoisotopic (exact) mass is 436 g/mol. The third kappa shape index (κ3) is 3.99. The summed E-state index contributed by atoms with van der Waals surface area (Å²) in [6.45, 7) is 2.17. The number of piperidine rings is 1. The Bertz CT molecular complexity index is 1130. The number of para-hydroxylation sites is 2. The molecule has 0 unspecified atom stereocenters. The summed E-state index contributed by atoms with van der Waals surface area (Å²) in [6.07, 6.45) is 5.84. The summed E-state index contributed by atoms with van der Waals surface area (Å²) in [4.78, 5) is 34.5. The second-order valence-corrected chi connectivity index (χ2v) is 9.78. The number of carbonyl (C=O) groups excluding carboxylic acids is 2. The quantitative estimate of drug-likeness (QED) is 0.678. The van der Waals surface area contributed by atoms with E-state index < -0.39 is 0 Å². The molecule has 1 saturated heterocycles. The van der Waals surface area contributed by atoms with E-state index in [1.807, 2.05) is 46.8 Å². The summed E-state index contributed by atoms with van der Waals surface area (Å²) in [5.41, 5.74) is 3.19. The van der Waals surface area contributed by atoms with Crippen LogP contribution in [0.4, 0.5) is 0 Å². The van der Waals surface area contributed by atoms with Crippen LogP contribution in [0.1, 0.15) is 51.6 Å². The standard InChI is InChI=1S/C24H28N4O2S/c1-27-19-8-4-3-7-18(19)26-22(27)15-25-23(29)16-9-10-20-17(13-16)14-21(31-20)24(30)28-11-5-2-6-12-28/h3-4,7-8,14,16H,2,5-6,9-13,15H2,1H3,(H,25,29)/t16-/m1/s1. The fourth-order valence-corrected chi connectivity index (χ4v) is 5.95. The molecule has 3 heterocycles. The fraction of sp³-hybridized carbons (Fsp3) is 0.458. The van der Waals surface area contributed by atoms with Crippen molar-refractivity contribution in [2.45, 2.75) is 45.1 Å². The number of rotatable bonds is 4. The van der Waals surface area contributed by atoms with Gasteiger partial charge in [0.05, 0.1) is 22.5 Å². The van der Waals surface area contributed by atoms with E-state index in [0.29, 0.717) is 13.0 Å². The number of nitrogens with one attached hydrogen (secondary N) is 1. The van der Waals surface area contributed by atoms with Crippen LogP contribution in [0.25, 0.3) is 11.0 Å². The minimum absolute atomic E-state index is 0.0466. The Morgan fingerprint density at radius 1 is 1.19 bits per heavy atom. The average Bonchev–Trinajstić information content (AvgIpc) is 3.38. The zero-order valence-electron chi connectivity index (χ0n) is 17.9. The lowest BCUT2D eigenvalue weighted by atomic mass is 9.87. The fourth-order valence-electron chi connectivity index (χ4n) is 4.77. The lowest BCUT2D eigenvalue weighted by Crippen LogP contribution is -2.35. The highest BCUT2D eigenvalue weighted by molar-refractivity contribution is 7.14. The molecule has 2 amide bonds. The molecule has 5 rings (SSSR count). The first-order valence-electron chi connectivity index (χ1n) is 11.2. The molecule has 31 heavy (non-hydrogen) atoms. The van der Waals surface area contributed by atoms with Gasteiger partial charge >= 0.3 is 0 Å². The van der Waals surface area contributed by atoms with Gasteiger partial charge in [-0.15, -0.1) is 11.3 Å². The number of aryl methyl sites for hydroxylation is 2. The minimum atomic E-state index is -0.0466. The minimum Gasteiger partial charge on any atom is -0.349 e. The Morgan fingerprint density at radius 3 is 2.81 bits per heavy atom. The molecule has 1 N–H and O–H groups in total. The molecule has 162 valence electrons. The molecule has 0 saturated carbocycles. The van der Waals surface area contributed by atoms with Crippen molar-refractivity contribution >= 4 is 34.2 Å². The summed E-state index contributed by atoms with van der Waals surface area (Å²) >= 11 is 1.63. The number of fused-ring (bicyclic) bond motifs is 2. The lowest BCUT2D eigenvalue weighted by Gasteiger charge is -2.26. The van der Waals surface area contributed by atoms with Gasteiger partial charge in [0.1, 0.15) is 5.82 Å². The predicted octanol–water partition coefficient (Wildman–Crippen LogP) is 3.68. The van der Waals surface area contributed by atoms with E-state index in [9.17, 15) is 9.59 Å². The molecule has 1 aliphatic heterocycles. The van der Waals surface area contributed by atoms with Gasteiger partial charge in [-0.2, -0.15) is 0 Å².